The zero-order valence-electron chi connectivity index (χ0n) is 10.2. The van der Waals surface area contributed by atoms with Gasteiger partial charge in [-0.25, -0.2) is 0 Å². The zero-order valence-corrected chi connectivity index (χ0v) is 10.2. The van der Waals surface area contributed by atoms with Crippen LogP contribution >= 0.6 is 0 Å². The number of hydrogen-bond donors (Lipinski definition) is 1. The molecule has 0 fully saturated rings. The number of aryl methyl sites for hydroxylation is 1. The highest BCUT2D eigenvalue weighted by Gasteiger charge is 2.08. The maximum Gasteiger partial charge on any atom is 0.315 e. The molecule has 0 radical (unpaired) electrons. The number of hydrogen-bond acceptors (Lipinski definition) is 3. The lowest BCUT2D eigenvalue weighted by Gasteiger charge is -2.07. The Balaban J connectivity index is 2.03. The lowest BCUT2D eigenvalue weighted by molar-refractivity contribution is -0.133. The number of nitrogens with two attached hydrogens (primary N) is 1. The van der Waals surface area contributed by atoms with E-state index in [9.17, 15) is 4.79 Å². The summed E-state index contributed by atoms with van der Waals surface area (Å²) in [4.78, 5) is 11.8. The third kappa shape index (κ3) is 3.10. The molecule has 0 saturated carbocycles. The van der Waals surface area contributed by atoms with Crippen molar-refractivity contribution in [1.82, 2.24) is 0 Å². The molecule has 18 heavy (non-hydrogen) atoms. The second-order valence-corrected chi connectivity index (χ2v) is 4.16. The van der Waals surface area contributed by atoms with Crippen LogP contribution in [0.3, 0.4) is 0 Å². The van der Waals surface area contributed by atoms with Crippen LogP contribution in [0.25, 0.3) is 0 Å². The molecule has 0 aliphatic heterocycles. The van der Waals surface area contributed by atoms with Crippen molar-refractivity contribution in [3.05, 3.63) is 59.7 Å². The minimum atomic E-state index is -0.282. The van der Waals surface area contributed by atoms with E-state index in [1.54, 1.807) is 18.2 Å². The van der Waals surface area contributed by atoms with Gasteiger partial charge in [-0.3, -0.25) is 4.79 Å². The molecule has 2 aromatic carbocycles. The third-order valence-corrected chi connectivity index (χ3v) is 2.62. The normalized spacial score (nSPS) is 10.1. The summed E-state index contributed by atoms with van der Waals surface area (Å²) in [5.41, 5.74) is 8.11. The van der Waals surface area contributed by atoms with Gasteiger partial charge < -0.3 is 10.5 Å². The van der Waals surface area contributed by atoms with Crippen LogP contribution < -0.4 is 10.5 Å². The maximum atomic E-state index is 11.8. The van der Waals surface area contributed by atoms with Crippen molar-refractivity contribution in [1.29, 1.82) is 0 Å². The van der Waals surface area contributed by atoms with Crippen LogP contribution in [0, 0.1) is 6.92 Å². The predicted octanol–water partition coefficient (Wildman–Crippen LogP) is 2.73. The molecular formula is C15H15NO2. The number of esters is 1. The minimum Gasteiger partial charge on any atom is -0.426 e. The van der Waals surface area contributed by atoms with Gasteiger partial charge in [-0.15, -0.1) is 0 Å². The first-order valence-electron chi connectivity index (χ1n) is 5.76. The summed E-state index contributed by atoms with van der Waals surface area (Å²) in [7, 11) is 0. The molecule has 0 aliphatic rings. The number of carbonyl (C=O) groups is 1. The average molecular weight is 241 g/mol. The molecule has 2 aromatic rings. The Labute approximate surface area is 106 Å². The van der Waals surface area contributed by atoms with Crippen molar-refractivity contribution in [2.75, 3.05) is 5.73 Å². The SMILES string of the molecule is Cc1ccccc1OC(=O)Cc1cccc(N)c1. The Morgan fingerprint density at radius 2 is 1.94 bits per heavy atom. The van der Waals surface area contributed by atoms with Gasteiger partial charge in [0.15, 0.2) is 0 Å². The molecule has 0 bridgehead atoms. The Morgan fingerprint density at radius 3 is 2.67 bits per heavy atom. The van der Waals surface area contributed by atoms with E-state index >= 15 is 0 Å². The summed E-state index contributed by atoms with van der Waals surface area (Å²) in [5, 5.41) is 0. The number of nitrogen functional groups attached to an aromatic ring is 1. The highest BCUT2D eigenvalue weighted by atomic mass is 16.5. The van der Waals surface area contributed by atoms with Gasteiger partial charge in [-0.05, 0) is 36.2 Å². The molecule has 3 heteroatoms. The van der Waals surface area contributed by atoms with Crippen molar-refractivity contribution in [3.8, 4) is 5.75 Å². The Hall–Kier alpha value is -2.29. The van der Waals surface area contributed by atoms with Gasteiger partial charge in [0.2, 0.25) is 0 Å². The largest absolute Gasteiger partial charge is 0.426 e. The minimum absolute atomic E-state index is 0.222. The number of para-hydroxylation sites is 1. The summed E-state index contributed by atoms with van der Waals surface area (Å²) in [6, 6.07) is 14.7. The molecule has 0 amide bonds. The van der Waals surface area contributed by atoms with E-state index in [1.807, 2.05) is 37.3 Å². The number of anilines is 1. The summed E-state index contributed by atoms with van der Waals surface area (Å²) in [5.74, 6) is 0.321. The number of ether oxygens (including phenoxy) is 1. The molecule has 0 spiro atoms. The van der Waals surface area contributed by atoms with E-state index in [2.05, 4.69) is 0 Å². The molecule has 2 N–H and O–H groups in total. The highest BCUT2D eigenvalue weighted by Crippen LogP contribution is 2.17. The van der Waals surface area contributed by atoms with Crippen molar-refractivity contribution < 1.29 is 9.53 Å². The Kier molecular flexibility index (Phi) is 3.63. The standard InChI is InChI=1S/C15H15NO2/c1-11-5-2-3-8-14(11)18-15(17)10-12-6-4-7-13(16)9-12/h2-9H,10,16H2,1H3. The summed E-state index contributed by atoms with van der Waals surface area (Å²) in [6.07, 6.45) is 0.222. The van der Waals surface area contributed by atoms with Gasteiger partial charge >= 0.3 is 5.97 Å². The molecule has 0 atom stereocenters. The van der Waals surface area contributed by atoms with Crippen LogP contribution in [0.15, 0.2) is 48.5 Å². The third-order valence-electron chi connectivity index (χ3n) is 2.62. The lowest BCUT2D eigenvalue weighted by atomic mass is 10.1. The molecule has 2 rings (SSSR count). The van der Waals surface area contributed by atoms with Gasteiger partial charge in [0, 0.05) is 5.69 Å². The van der Waals surface area contributed by atoms with Gasteiger partial charge in [0.25, 0.3) is 0 Å². The molecule has 0 aromatic heterocycles. The molecule has 92 valence electrons. The van der Waals surface area contributed by atoms with Crippen LogP contribution in [-0.2, 0) is 11.2 Å². The molecule has 0 saturated heterocycles. The quantitative estimate of drug-likeness (QED) is 0.510. The second kappa shape index (κ2) is 5.36. The summed E-state index contributed by atoms with van der Waals surface area (Å²) < 4.78 is 5.31. The Morgan fingerprint density at radius 1 is 1.17 bits per heavy atom. The van der Waals surface area contributed by atoms with Crippen molar-refractivity contribution in [3.63, 3.8) is 0 Å². The van der Waals surface area contributed by atoms with E-state index in [4.69, 9.17) is 10.5 Å². The van der Waals surface area contributed by atoms with Crippen molar-refractivity contribution in [2.45, 2.75) is 13.3 Å². The van der Waals surface area contributed by atoms with Crippen LogP contribution in [0.5, 0.6) is 5.75 Å². The molecule has 0 unspecified atom stereocenters. The number of carbonyl (C=O) groups excluding carboxylic acids is 1. The van der Waals surface area contributed by atoms with E-state index in [0.717, 1.165) is 11.1 Å². The van der Waals surface area contributed by atoms with E-state index < -0.39 is 0 Å². The number of rotatable bonds is 3. The van der Waals surface area contributed by atoms with Crippen LogP contribution in [-0.4, -0.2) is 5.97 Å². The van der Waals surface area contributed by atoms with Crippen molar-refractivity contribution >= 4 is 11.7 Å². The first-order chi connectivity index (χ1) is 8.65. The second-order valence-electron chi connectivity index (χ2n) is 4.16. The highest BCUT2D eigenvalue weighted by molar-refractivity contribution is 5.75. The first-order valence-corrected chi connectivity index (χ1v) is 5.76. The van der Waals surface area contributed by atoms with Crippen LogP contribution in [0.1, 0.15) is 11.1 Å². The molecular weight excluding hydrogens is 226 g/mol. The van der Waals surface area contributed by atoms with E-state index in [0.29, 0.717) is 11.4 Å². The van der Waals surface area contributed by atoms with Crippen LogP contribution in [0.2, 0.25) is 0 Å². The smallest absolute Gasteiger partial charge is 0.315 e. The summed E-state index contributed by atoms with van der Waals surface area (Å²) >= 11 is 0. The van der Waals surface area contributed by atoms with E-state index in [-0.39, 0.29) is 12.4 Å². The first kappa shape index (κ1) is 12.2. The fourth-order valence-corrected chi connectivity index (χ4v) is 1.70. The lowest BCUT2D eigenvalue weighted by Crippen LogP contribution is -2.12. The van der Waals surface area contributed by atoms with Gasteiger partial charge in [-0.1, -0.05) is 30.3 Å². The monoisotopic (exact) mass is 241 g/mol. The zero-order chi connectivity index (χ0) is 13.0. The fourth-order valence-electron chi connectivity index (χ4n) is 1.70. The average Bonchev–Trinajstić information content (AvgIpc) is 2.32. The van der Waals surface area contributed by atoms with Crippen molar-refractivity contribution in [2.24, 2.45) is 0 Å². The van der Waals surface area contributed by atoms with Crippen LogP contribution in [0.4, 0.5) is 5.69 Å². The predicted molar refractivity (Wildman–Crippen MR) is 71.4 cm³/mol. The molecule has 0 heterocycles. The summed E-state index contributed by atoms with van der Waals surface area (Å²) in [6.45, 7) is 1.91. The molecule has 3 nitrogen and oxygen atoms in total. The maximum absolute atomic E-state index is 11.8. The topological polar surface area (TPSA) is 52.3 Å². The number of benzene rings is 2. The van der Waals surface area contributed by atoms with Gasteiger partial charge in [0.1, 0.15) is 5.75 Å². The van der Waals surface area contributed by atoms with Gasteiger partial charge in [0.05, 0.1) is 6.42 Å². The fraction of sp³-hybridized carbons (Fsp3) is 0.133. The van der Waals surface area contributed by atoms with E-state index in [1.165, 1.54) is 0 Å². The van der Waals surface area contributed by atoms with Gasteiger partial charge in [-0.2, -0.15) is 0 Å². The molecule has 0 aliphatic carbocycles. The Bertz CT molecular complexity index is 564.